The average Bonchev–Trinajstić information content (AvgIpc) is 3.48. The van der Waals surface area contributed by atoms with Crippen molar-refractivity contribution in [3.05, 3.63) is 34.0 Å². The van der Waals surface area contributed by atoms with Gasteiger partial charge in [-0.25, -0.2) is 0 Å². The van der Waals surface area contributed by atoms with E-state index < -0.39 is 0 Å². The second-order valence-corrected chi connectivity index (χ2v) is 7.55. The van der Waals surface area contributed by atoms with Crippen LogP contribution >= 0.6 is 0 Å². The molecule has 10 nitrogen and oxygen atoms in total. The fourth-order valence-corrected chi connectivity index (χ4v) is 3.98. The smallest absolute Gasteiger partial charge is 0.274 e. The number of aromatic nitrogens is 3. The van der Waals surface area contributed by atoms with Crippen molar-refractivity contribution in [2.75, 3.05) is 33.4 Å². The Morgan fingerprint density at radius 1 is 1.23 bits per heavy atom. The summed E-state index contributed by atoms with van der Waals surface area (Å²) < 4.78 is 17.6. The fraction of sp³-hybridized carbons (Fsp3) is 0.600. The van der Waals surface area contributed by atoms with Crippen molar-refractivity contribution in [2.24, 2.45) is 0 Å². The maximum Gasteiger partial charge on any atom is 0.274 e. The van der Waals surface area contributed by atoms with E-state index in [-0.39, 0.29) is 24.1 Å². The van der Waals surface area contributed by atoms with Gasteiger partial charge in [0.2, 0.25) is 0 Å². The second kappa shape index (κ2) is 8.97. The molecule has 0 radical (unpaired) electrons. The molecule has 162 valence electrons. The summed E-state index contributed by atoms with van der Waals surface area (Å²) in [6.45, 7) is 5.36. The van der Waals surface area contributed by atoms with Crippen LogP contribution in [0.15, 0.2) is 4.52 Å². The highest BCUT2D eigenvalue weighted by Crippen LogP contribution is 2.23. The number of hydrogen-bond donors (Lipinski definition) is 1. The lowest BCUT2D eigenvalue weighted by atomic mass is 10.1. The van der Waals surface area contributed by atoms with Crippen molar-refractivity contribution in [3.8, 4) is 0 Å². The molecule has 2 aliphatic heterocycles. The molecule has 2 amide bonds. The molecule has 0 atom stereocenters. The summed E-state index contributed by atoms with van der Waals surface area (Å²) in [4.78, 5) is 27.3. The third-order valence-electron chi connectivity index (χ3n) is 5.59. The molecule has 1 N–H and O–H groups in total. The Labute approximate surface area is 174 Å². The van der Waals surface area contributed by atoms with Crippen LogP contribution in [0.25, 0.3) is 0 Å². The van der Waals surface area contributed by atoms with Crippen molar-refractivity contribution < 1.29 is 23.6 Å². The normalized spacial score (nSPS) is 16.0. The van der Waals surface area contributed by atoms with Gasteiger partial charge in [0.25, 0.3) is 11.8 Å². The maximum absolute atomic E-state index is 12.9. The van der Waals surface area contributed by atoms with Crippen LogP contribution in [0.3, 0.4) is 0 Å². The van der Waals surface area contributed by atoms with E-state index in [9.17, 15) is 9.59 Å². The zero-order valence-corrected chi connectivity index (χ0v) is 17.4. The van der Waals surface area contributed by atoms with Crippen molar-refractivity contribution in [1.29, 1.82) is 0 Å². The number of fused-ring (bicyclic) bond motifs is 1. The van der Waals surface area contributed by atoms with Crippen LogP contribution in [-0.4, -0.2) is 65.0 Å². The number of nitrogens with one attached hydrogen (secondary N) is 1. The van der Waals surface area contributed by atoms with Crippen LogP contribution in [0.1, 0.15) is 56.4 Å². The molecule has 0 saturated carbocycles. The van der Waals surface area contributed by atoms with Crippen molar-refractivity contribution in [3.63, 3.8) is 0 Å². The van der Waals surface area contributed by atoms with E-state index in [0.29, 0.717) is 49.7 Å². The van der Waals surface area contributed by atoms with E-state index in [2.05, 4.69) is 15.6 Å². The third-order valence-corrected chi connectivity index (χ3v) is 5.59. The van der Waals surface area contributed by atoms with Gasteiger partial charge in [-0.3, -0.25) is 14.3 Å². The van der Waals surface area contributed by atoms with Crippen molar-refractivity contribution >= 4 is 11.8 Å². The highest BCUT2D eigenvalue weighted by Gasteiger charge is 2.29. The number of aryl methyl sites for hydroxylation is 1. The predicted octanol–water partition coefficient (Wildman–Crippen LogP) is 1.06. The second-order valence-electron chi connectivity index (χ2n) is 7.55. The topological polar surface area (TPSA) is 112 Å². The predicted molar refractivity (Wildman–Crippen MR) is 105 cm³/mol. The van der Waals surface area contributed by atoms with E-state index in [1.54, 1.807) is 14.0 Å². The van der Waals surface area contributed by atoms with Crippen LogP contribution in [-0.2, 0) is 35.7 Å². The van der Waals surface area contributed by atoms with Gasteiger partial charge in [-0.1, -0.05) is 5.16 Å². The lowest BCUT2D eigenvalue weighted by molar-refractivity contribution is 0.0772. The SMILES string of the molecule is COCc1c(C(=O)NCCn2nc(C(=O)N3CCCC3)c3c2CCOC3)noc1C. The zero-order chi connectivity index (χ0) is 21.1. The molecule has 0 bridgehead atoms. The molecule has 1 saturated heterocycles. The van der Waals surface area contributed by atoms with Gasteiger partial charge in [0, 0.05) is 44.4 Å². The van der Waals surface area contributed by atoms with Gasteiger partial charge in [0.15, 0.2) is 11.4 Å². The van der Waals surface area contributed by atoms with Crippen LogP contribution in [0.2, 0.25) is 0 Å². The molecule has 4 heterocycles. The highest BCUT2D eigenvalue weighted by molar-refractivity contribution is 5.94. The summed E-state index contributed by atoms with van der Waals surface area (Å²) in [7, 11) is 1.56. The number of rotatable bonds is 7. The molecule has 30 heavy (non-hydrogen) atoms. The Morgan fingerprint density at radius 3 is 2.80 bits per heavy atom. The minimum absolute atomic E-state index is 0.0284. The Kier molecular flexibility index (Phi) is 6.14. The van der Waals surface area contributed by atoms with E-state index in [1.165, 1.54) is 0 Å². The fourth-order valence-electron chi connectivity index (χ4n) is 3.98. The molecule has 0 aromatic carbocycles. The van der Waals surface area contributed by atoms with Crippen molar-refractivity contribution in [1.82, 2.24) is 25.2 Å². The summed E-state index contributed by atoms with van der Waals surface area (Å²) in [5.41, 5.74) is 3.24. The van der Waals surface area contributed by atoms with Gasteiger partial charge in [0.1, 0.15) is 5.76 Å². The number of ether oxygens (including phenoxy) is 2. The first kappa shape index (κ1) is 20.5. The Bertz CT molecular complexity index is 928. The Balaban J connectivity index is 1.45. The van der Waals surface area contributed by atoms with E-state index >= 15 is 0 Å². The van der Waals surface area contributed by atoms with Crippen molar-refractivity contribution in [2.45, 2.75) is 45.9 Å². The monoisotopic (exact) mass is 417 g/mol. The molecular weight excluding hydrogens is 390 g/mol. The first-order valence-electron chi connectivity index (χ1n) is 10.3. The lowest BCUT2D eigenvalue weighted by Crippen LogP contribution is -2.30. The molecule has 0 unspecified atom stereocenters. The Hall–Kier alpha value is -2.72. The minimum atomic E-state index is -0.323. The molecule has 2 aromatic rings. The van der Waals surface area contributed by atoms with Gasteiger partial charge in [-0.05, 0) is 19.8 Å². The lowest BCUT2D eigenvalue weighted by Gasteiger charge is -2.17. The molecule has 2 aromatic heterocycles. The molecule has 1 fully saturated rings. The molecule has 0 spiro atoms. The number of likely N-dealkylation sites (tertiary alicyclic amines) is 1. The van der Waals surface area contributed by atoms with Gasteiger partial charge in [-0.15, -0.1) is 0 Å². The molecule has 2 aliphatic rings. The van der Waals surface area contributed by atoms with Crippen LogP contribution in [0, 0.1) is 6.92 Å². The summed E-state index contributed by atoms with van der Waals surface area (Å²) in [6, 6.07) is 0. The summed E-state index contributed by atoms with van der Waals surface area (Å²) >= 11 is 0. The molecular formula is C20H27N5O5. The largest absolute Gasteiger partial charge is 0.380 e. The number of nitrogens with zero attached hydrogens (tertiary/aromatic N) is 4. The quantitative estimate of drug-likeness (QED) is 0.717. The average molecular weight is 417 g/mol. The van der Waals surface area contributed by atoms with Gasteiger partial charge in [0.05, 0.1) is 31.9 Å². The van der Waals surface area contributed by atoms with Crippen LogP contribution < -0.4 is 5.32 Å². The summed E-state index contributed by atoms with van der Waals surface area (Å²) in [6.07, 6.45) is 2.76. The summed E-state index contributed by atoms with van der Waals surface area (Å²) in [5, 5.41) is 11.3. The van der Waals surface area contributed by atoms with Crippen LogP contribution in [0.5, 0.6) is 0 Å². The molecule has 0 aliphatic carbocycles. The number of carbonyl (C=O) groups excluding carboxylic acids is 2. The third kappa shape index (κ3) is 3.97. The highest BCUT2D eigenvalue weighted by atomic mass is 16.5. The van der Waals surface area contributed by atoms with E-state index in [0.717, 1.165) is 37.2 Å². The minimum Gasteiger partial charge on any atom is -0.380 e. The molecule has 10 heteroatoms. The number of hydrogen-bond acceptors (Lipinski definition) is 7. The van der Waals surface area contributed by atoms with Gasteiger partial charge >= 0.3 is 0 Å². The number of methoxy groups -OCH3 is 1. The summed E-state index contributed by atoms with van der Waals surface area (Å²) in [5.74, 6) is 0.212. The maximum atomic E-state index is 12.9. The van der Waals surface area contributed by atoms with Gasteiger partial charge in [-0.2, -0.15) is 5.10 Å². The first-order valence-corrected chi connectivity index (χ1v) is 10.3. The van der Waals surface area contributed by atoms with Crippen LogP contribution in [0.4, 0.5) is 0 Å². The first-order chi connectivity index (χ1) is 14.6. The standard InChI is InChI=1S/C20H27N5O5/c1-13-14(11-28-2)17(23-30-13)19(26)21-6-9-25-16-5-10-29-12-15(16)18(22-25)20(27)24-7-3-4-8-24/h3-12H2,1-2H3,(H,21,26). The Morgan fingerprint density at radius 2 is 2.03 bits per heavy atom. The number of amides is 2. The van der Waals surface area contributed by atoms with E-state index in [4.69, 9.17) is 14.0 Å². The molecule has 4 rings (SSSR count). The zero-order valence-electron chi connectivity index (χ0n) is 17.4. The number of carbonyl (C=O) groups is 2. The van der Waals surface area contributed by atoms with E-state index in [1.807, 2.05) is 9.58 Å². The van der Waals surface area contributed by atoms with Gasteiger partial charge < -0.3 is 24.2 Å².